The van der Waals surface area contributed by atoms with E-state index in [4.69, 9.17) is 15.2 Å². The second kappa shape index (κ2) is 13.0. The van der Waals surface area contributed by atoms with Gasteiger partial charge < -0.3 is 31.2 Å². The first-order chi connectivity index (χ1) is 12.7. The highest BCUT2D eigenvalue weighted by molar-refractivity contribution is 14.0. The van der Waals surface area contributed by atoms with Gasteiger partial charge in [0.25, 0.3) is 5.91 Å². The summed E-state index contributed by atoms with van der Waals surface area (Å²) < 4.78 is 10.4. The molecule has 0 atom stereocenters. The van der Waals surface area contributed by atoms with E-state index in [0.29, 0.717) is 31.3 Å². The molecule has 5 N–H and O–H groups in total. The van der Waals surface area contributed by atoms with Gasteiger partial charge in [0.15, 0.2) is 12.6 Å². The lowest BCUT2D eigenvalue weighted by Crippen LogP contribution is -2.42. The van der Waals surface area contributed by atoms with Crippen LogP contribution in [0.5, 0.6) is 5.75 Å². The fourth-order valence-corrected chi connectivity index (χ4v) is 1.97. The first-order valence-electron chi connectivity index (χ1n) is 8.61. The predicted molar refractivity (Wildman–Crippen MR) is 119 cm³/mol. The molecule has 0 saturated heterocycles. The lowest BCUT2D eigenvalue weighted by molar-refractivity contribution is -0.119. The maximum absolute atomic E-state index is 11.6. The summed E-state index contributed by atoms with van der Waals surface area (Å²) in [5.74, 6) is 0.630. The summed E-state index contributed by atoms with van der Waals surface area (Å²) in [6.45, 7) is 6.66. The fourth-order valence-electron chi connectivity index (χ4n) is 1.97. The van der Waals surface area contributed by atoms with Gasteiger partial charge in [-0.25, -0.2) is 4.79 Å². The fraction of sp³-hybridized carbons (Fsp3) is 0.500. The lowest BCUT2D eigenvalue weighted by Gasteiger charge is -2.20. The first kappa shape index (κ1) is 25.8. The molecule has 0 bridgehead atoms. The monoisotopic (exact) mass is 507 g/mol. The van der Waals surface area contributed by atoms with Crippen molar-refractivity contribution in [1.29, 1.82) is 0 Å². The molecule has 1 aromatic rings. The highest BCUT2D eigenvalue weighted by Crippen LogP contribution is 2.13. The van der Waals surface area contributed by atoms with Crippen LogP contribution in [0.1, 0.15) is 26.3 Å². The van der Waals surface area contributed by atoms with E-state index >= 15 is 0 Å². The van der Waals surface area contributed by atoms with Crippen molar-refractivity contribution in [1.82, 2.24) is 16.0 Å². The zero-order valence-electron chi connectivity index (χ0n) is 16.7. The summed E-state index contributed by atoms with van der Waals surface area (Å²) in [6.07, 6.45) is -0.458. The van der Waals surface area contributed by atoms with E-state index in [2.05, 4.69) is 20.9 Å². The van der Waals surface area contributed by atoms with Gasteiger partial charge in [0.1, 0.15) is 11.4 Å². The largest absolute Gasteiger partial charge is 0.484 e. The summed E-state index contributed by atoms with van der Waals surface area (Å²) in [7, 11) is 1.66. The predicted octanol–water partition coefficient (Wildman–Crippen LogP) is 1.36. The zero-order valence-corrected chi connectivity index (χ0v) is 19.0. The van der Waals surface area contributed by atoms with Crippen molar-refractivity contribution >= 4 is 41.9 Å². The van der Waals surface area contributed by atoms with Crippen LogP contribution in [0.15, 0.2) is 29.3 Å². The number of carbonyl (C=O) groups is 2. The molecule has 10 heteroatoms. The SMILES string of the molecule is CN=C(NCCNC(=O)OC(C)(C)C)NCc1cccc(OCC(N)=O)c1.I. The van der Waals surface area contributed by atoms with E-state index in [9.17, 15) is 9.59 Å². The number of amides is 2. The standard InChI is InChI=1S/C18H29N5O4.HI/c1-18(2,3)27-17(25)22-9-8-21-16(20-4)23-11-13-6-5-7-14(10-13)26-12-15(19)24;/h5-7,10H,8-9,11-12H2,1-4H3,(H2,19,24)(H,22,25)(H2,20,21,23);1H. The average Bonchev–Trinajstić information content (AvgIpc) is 2.58. The molecule has 1 aromatic carbocycles. The lowest BCUT2D eigenvalue weighted by atomic mass is 10.2. The summed E-state index contributed by atoms with van der Waals surface area (Å²) >= 11 is 0. The molecule has 0 fully saturated rings. The molecule has 0 aliphatic rings. The van der Waals surface area contributed by atoms with Gasteiger partial charge in [0.05, 0.1) is 0 Å². The number of halogens is 1. The van der Waals surface area contributed by atoms with Crippen LogP contribution >= 0.6 is 24.0 Å². The van der Waals surface area contributed by atoms with Crippen LogP contribution in [-0.4, -0.2) is 50.3 Å². The van der Waals surface area contributed by atoms with E-state index in [1.54, 1.807) is 13.1 Å². The van der Waals surface area contributed by atoms with Gasteiger partial charge >= 0.3 is 6.09 Å². The van der Waals surface area contributed by atoms with Crippen LogP contribution in [-0.2, 0) is 16.1 Å². The quantitative estimate of drug-likeness (QED) is 0.182. The highest BCUT2D eigenvalue weighted by atomic mass is 127. The molecule has 0 aliphatic carbocycles. The molecule has 28 heavy (non-hydrogen) atoms. The molecule has 0 aliphatic heterocycles. The molecule has 0 unspecified atom stereocenters. The number of nitrogens with two attached hydrogens (primary N) is 1. The third-order valence-corrected chi connectivity index (χ3v) is 3.05. The van der Waals surface area contributed by atoms with Crippen molar-refractivity contribution in [2.75, 3.05) is 26.7 Å². The number of benzene rings is 1. The molecule has 0 spiro atoms. The van der Waals surface area contributed by atoms with Crippen molar-refractivity contribution in [3.8, 4) is 5.75 Å². The number of carbonyl (C=O) groups excluding carboxylic acids is 2. The molecule has 0 saturated carbocycles. The van der Waals surface area contributed by atoms with Crippen LogP contribution < -0.4 is 26.4 Å². The van der Waals surface area contributed by atoms with E-state index in [1.807, 2.05) is 39.0 Å². The van der Waals surface area contributed by atoms with Gasteiger partial charge in [0, 0.05) is 26.7 Å². The van der Waals surface area contributed by atoms with Gasteiger partial charge in [-0.1, -0.05) is 12.1 Å². The van der Waals surface area contributed by atoms with Crippen LogP contribution in [0.2, 0.25) is 0 Å². The molecule has 9 nitrogen and oxygen atoms in total. The number of guanidine groups is 1. The van der Waals surface area contributed by atoms with E-state index in [1.165, 1.54) is 0 Å². The van der Waals surface area contributed by atoms with Gasteiger partial charge in [-0.05, 0) is 38.5 Å². The Morgan fingerprint density at radius 1 is 1.14 bits per heavy atom. The number of nitrogens with zero attached hydrogens (tertiary/aromatic N) is 1. The Hall–Kier alpha value is -2.24. The molecule has 1 rings (SSSR count). The Morgan fingerprint density at radius 2 is 1.82 bits per heavy atom. The molecule has 0 heterocycles. The van der Waals surface area contributed by atoms with Crippen molar-refractivity contribution in [2.45, 2.75) is 32.9 Å². The van der Waals surface area contributed by atoms with Gasteiger partial charge in [-0.3, -0.25) is 9.79 Å². The number of rotatable bonds is 8. The molecule has 0 radical (unpaired) electrons. The zero-order chi connectivity index (χ0) is 20.3. The molecular formula is C18H30IN5O4. The third kappa shape index (κ3) is 12.2. The Balaban J connectivity index is 0.00000729. The maximum atomic E-state index is 11.6. The number of hydrogen-bond donors (Lipinski definition) is 4. The number of alkyl carbamates (subject to hydrolysis) is 1. The molecule has 0 aromatic heterocycles. The van der Waals surface area contributed by atoms with Crippen molar-refractivity contribution in [3.05, 3.63) is 29.8 Å². The molecule has 2 amide bonds. The van der Waals surface area contributed by atoms with Crippen molar-refractivity contribution < 1.29 is 19.1 Å². The third-order valence-electron chi connectivity index (χ3n) is 3.05. The average molecular weight is 507 g/mol. The van der Waals surface area contributed by atoms with Crippen molar-refractivity contribution in [3.63, 3.8) is 0 Å². The molecule has 158 valence electrons. The Kier molecular flexibility index (Phi) is 12.0. The second-order valence-corrected chi connectivity index (χ2v) is 6.68. The smallest absolute Gasteiger partial charge is 0.407 e. The summed E-state index contributed by atoms with van der Waals surface area (Å²) in [5.41, 5.74) is 5.49. The van der Waals surface area contributed by atoms with Gasteiger partial charge in [-0.2, -0.15) is 0 Å². The summed E-state index contributed by atoms with van der Waals surface area (Å²) in [5, 5.41) is 8.90. The minimum atomic E-state index is -0.525. The van der Waals surface area contributed by atoms with Crippen LogP contribution in [0, 0.1) is 0 Å². The number of aliphatic imine (C=N–C) groups is 1. The van der Waals surface area contributed by atoms with E-state index in [-0.39, 0.29) is 30.6 Å². The van der Waals surface area contributed by atoms with E-state index in [0.717, 1.165) is 5.56 Å². The number of ether oxygens (including phenoxy) is 2. The number of primary amides is 1. The van der Waals surface area contributed by atoms with Gasteiger partial charge in [0.2, 0.25) is 0 Å². The second-order valence-electron chi connectivity index (χ2n) is 6.68. The van der Waals surface area contributed by atoms with Gasteiger partial charge in [-0.15, -0.1) is 24.0 Å². The number of nitrogens with one attached hydrogen (secondary N) is 3. The van der Waals surface area contributed by atoms with Crippen LogP contribution in [0.25, 0.3) is 0 Å². The number of hydrogen-bond acceptors (Lipinski definition) is 5. The minimum Gasteiger partial charge on any atom is -0.484 e. The maximum Gasteiger partial charge on any atom is 0.407 e. The Morgan fingerprint density at radius 3 is 2.43 bits per heavy atom. The summed E-state index contributed by atoms with van der Waals surface area (Å²) in [4.78, 5) is 26.5. The van der Waals surface area contributed by atoms with Crippen LogP contribution in [0.3, 0.4) is 0 Å². The normalized spacial score (nSPS) is 11.1. The highest BCUT2D eigenvalue weighted by Gasteiger charge is 2.15. The summed E-state index contributed by atoms with van der Waals surface area (Å²) in [6, 6.07) is 7.31. The minimum absolute atomic E-state index is 0. The van der Waals surface area contributed by atoms with Crippen LogP contribution in [0.4, 0.5) is 4.79 Å². The first-order valence-corrected chi connectivity index (χ1v) is 8.61. The van der Waals surface area contributed by atoms with Crippen molar-refractivity contribution in [2.24, 2.45) is 10.7 Å². The topological polar surface area (TPSA) is 127 Å². The van der Waals surface area contributed by atoms with E-state index < -0.39 is 17.6 Å². The molecular weight excluding hydrogens is 477 g/mol. The Bertz CT molecular complexity index is 662. The Labute approximate surface area is 182 Å².